The molecule has 1 aliphatic heterocycles. The molecule has 3 rings (SSSR count). The second-order valence-corrected chi connectivity index (χ2v) is 7.84. The van der Waals surface area contributed by atoms with E-state index in [0.29, 0.717) is 6.54 Å². The number of hydrogen-bond donors (Lipinski definition) is 2. The van der Waals surface area contributed by atoms with Crippen LogP contribution in [0.15, 0.2) is 41.7 Å². The molecule has 1 aromatic heterocycles. The van der Waals surface area contributed by atoms with Crippen LogP contribution in [0, 0.1) is 6.92 Å². The van der Waals surface area contributed by atoms with Crippen LogP contribution in [-0.4, -0.2) is 55.7 Å². The van der Waals surface area contributed by atoms with E-state index in [1.165, 1.54) is 11.1 Å². The van der Waals surface area contributed by atoms with Crippen molar-refractivity contribution in [3.8, 4) is 5.75 Å². The quantitative estimate of drug-likeness (QED) is 0.220. The Kier molecular flexibility index (Phi) is 10.6. The molecule has 1 saturated heterocycles. The van der Waals surface area contributed by atoms with E-state index in [9.17, 15) is 0 Å². The molecule has 0 amide bonds. The van der Waals surface area contributed by atoms with Crippen molar-refractivity contribution in [3.05, 3.63) is 47.8 Å². The molecular formula is C23H36IN5O2. The standard InChI is InChI=1S/C23H35N5O2.HI/c1-4-24-22(25-11-5-13-28-14-6-12-27-28)26-18-23(9-15-30-16-10-23)20-17-19(2)7-8-21(20)29-3;/h6-8,12,14,17H,4-5,9-11,13,15-16,18H2,1-3H3,(H2,24,25,26);1H. The topological polar surface area (TPSA) is 72.7 Å². The Morgan fingerprint density at radius 1 is 1.29 bits per heavy atom. The van der Waals surface area contributed by atoms with E-state index < -0.39 is 0 Å². The highest BCUT2D eigenvalue weighted by atomic mass is 127. The molecule has 8 heteroatoms. The van der Waals surface area contributed by atoms with E-state index in [0.717, 1.165) is 63.8 Å². The fourth-order valence-corrected chi connectivity index (χ4v) is 3.96. The summed E-state index contributed by atoms with van der Waals surface area (Å²) < 4.78 is 13.4. The van der Waals surface area contributed by atoms with Gasteiger partial charge >= 0.3 is 0 Å². The number of halogens is 1. The van der Waals surface area contributed by atoms with Gasteiger partial charge in [-0.1, -0.05) is 17.7 Å². The van der Waals surface area contributed by atoms with Crippen LogP contribution in [-0.2, 0) is 16.7 Å². The number of ether oxygens (including phenoxy) is 2. The molecule has 7 nitrogen and oxygen atoms in total. The first-order chi connectivity index (χ1) is 14.7. The lowest BCUT2D eigenvalue weighted by Crippen LogP contribution is -2.41. The Hall–Kier alpha value is -1.81. The molecule has 2 heterocycles. The van der Waals surface area contributed by atoms with Gasteiger partial charge in [-0.3, -0.25) is 9.67 Å². The Bertz CT molecular complexity index is 804. The molecule has 0 saturated carbocycles. The van der Waals surface area contributed by atoms with Gasteiger partial charge in [0.15, 0.2) is 5.96 Å². The fraction of sp³-hybridized carbons (Fsp3) is 0.565. The number of nitrogens with one attached hydrogen (secondary N) is 2. The smallest absolute Gasteiger partial charge is 0.191 e. The minimum atomic E-state index is -0.0764. The van der Waals surface area contributed by atoms with Gasteiger partial charge in [0.2, 0.25) is 0 Å². The Morgan fingerprint density at radius 2 is 2.10 bits per heavy atom. The highest BCUT2D eigenvalue weighted by Crippen LogP contribution is 2.40. The normalized spacial score (nSPS) is 15.8. The fourth-order valence-electron chi connectivity index (χ4n) is 3.96. The first-order valence-electron chi connectivity index (χ1n) is 10.9. The molecule has 172 valence electrons. The van der Waals surface area contributed by atoms with E-state index in [-0.39, 0.29) is 29.4 Å². The zero-order valence-electron chi connectivity index (χ0n) is 18.9. The van der Waals surface area contributed by atoms with Crippen LogP contribution in [0.3, 0.4) is 0 Å². The summed E-state index contributed by atoms with van der Waals surface area (Å²) >= 11 is 0. The molecular weight excluding hydrogens is 505 g/mol. The second-order valence-electron chi connectivity index (χ2n) is 7.84. The van der Waals surface area contributed by atoms with E-state index in [2.05, 4.69) is 47.8 Å². The number of methoxy groups -OCH3 is 1. The number of guanidine groups is 1. The largest absolute Gasteiger partial charge is 0.496 e. The predicted octanol–water partition coefficient (Wildman–Crippen LogP) is 3.51. The molecule has 0 spiro atoms. The summed E-state index contributed by atoms with van der Waals surface area (Å²) in [5.41, 5.74) is 2.41. The Morgan fingerprint density at radius 3 is 2.77 bits per heavy atom. The Labute approximate surface area is 203 Å². The van der Waals surface area contributed by atoms with Crippen molar-refractivity contribution < 1.29 is 9.47 Å². The lowest BCUT2D eigenvalue weighted by Gasteiger charge is -2.37. The summed E-state index contributed by atoms with van der Waals surface area (Å²) in [4.78, 5) is 4.99. The van der Waals surface area contributed by atoms with E-state index in [1.807, 2.05) is 23.1 Å². The molecule has 0 radical (unpaired) electrons. The van der Waals surface area contributed by atoms with Crippen LogP contribution in [0.25, 0.3) is 0 Å². The van der Waals surface area contributed by atoms with Gasteiger partial charge in [0, 0.05) is 56.2 Å². The van der Waals surface area contributed by atoms with Crippen molar-refractivity contribution in [3.63, 3.8) is 0 Å². The van der Waals surface area contributed by atoms with Gasteiger partial charge in [-0.15, -0.1) is 24.0 Å². The van der Waals surface area contributed by atoms with Crippen LogP contribution in [0.5, 0.6) is 5.75 Å². The number of rotatable bonds is 9. The number of benzene rings is 1. The van der Waals surface area contributed by atoms with Gasteiger partial charge in [0.25, 0.3) is 0 Å². The summed E-state index contributed by atoms with van der Waals surface area (Å²) in [7, 11) is 1.75. The van der Waals surface area contributed by atoms with Crippen molar-refractivity contribution in [1.82, 2.24) is 20.4 Å². The third-order valence-electron chi connectivity index (χ3n) is 5.68. The Balaban J connectivity index is 0.00000341. The maximum absolute atomic E-state index is 5.72. The number of hydrogen-bond acceptors (Lipinski definition) is 4. The van der Waals surface area contributed by atoms with E-state index in [4.69, 9.17) is 14.5 Å². The molecule has 0 atom stereocenters. The molecule has 1 aromatic carbocycles. The molecule has 2 N–H and O–H groups in total. The number of aryl methyl sites for hydroxylation is 2. The molecule has 1 aliphatic rings. The van der Waals surface area contributed by atoms with Crippen LogP contribution >= 0.6 is 24.0 Å². The maximum atomic E-state index is 5.72. The van der Waals surface area contributed by atoms with Crippen LogP contribution in [0.2, 0.25) is 0 Å². The third-order valence-corrected chi connectivity index (χ3v) is 5.68. The summed E-state index contributed by atoms with van der Waals surface area (Å²) in [6.45, 7) is 8.98. The number of nitrogens with zero attached hydrogens (tertiary/aromatic N) is 3. The second kappa shape index (κ2) is 12.9. The monoisotopic (exact) mass is 541 g/mol. The van der Waals surface area contributed by atoms with Gasteiger partial charge < -0.3 is 20.1 Å². The zero-order chi connectivity index (χ0) is 21.2. The minimum absolute atomic E-state index is 0. The molecule has 1 fully saturated rings. The summed E-state index contributed by atoms with van der Waals surface area (Å²) in [5.74, 6) is 1.80. The summed E-state index contributed by atoms with van der Waals surface area (Å²) in [6, 6.07) is 8.38. The van der Waals surface area contributed by atoms with Gasteiger partial charge in [-0.25, -0.2) is 0 Å². The zero-order valence-corrected chi connectivity index (χ0v) is 21.2. The van der Waals surface area contributed by atoms with Crippen molar-refractivity contribution >= 4 is 29.9 Å². The first kappa shape index (κ1) is 25.5. The van der Waals surface area contributed by atoms with Gasteiger partial charge in [0.05, 0.1) is 13.7 Å². The van der Waals surface area contributed by atoms with Crippen LogP contribution in [0.4, 0.5) is 0 Å². The lowest BCUT2D eigenvalue weighted by atomic mass is 9.73. The van der Waals surface area contributed by atoms with Gasteiger partial charge in [0.1, 0.15) is 5.75 Å². The third kappa shape index (κ3) is 7.10. The van der Waals surface area contributed by atoms with Crippen LogP contribution < -0.4 is 15.4 Å². The van der Waals surface area contributed by atoms with Gasteiger partial charge in [-0.05, 0) is 45.2 Å². The molecule has 2 aromatic rings. The number of aliphatic imine (C=N–C) groups is 1. The van der Waals surface area contributed by atoms with Crippen molar-refractivity contribution in [2.24, 2.45) is 4.99 Å². The number of aromatic nitrogens is 2. The predicted molar refractivity (Wildman–Crippen MR) is 136 cm³/mol. The lowest BCUT2D eigenvalue weighted by molar-refractivity contribution is 0.0522. The van der Waals surface area contributed by atoms with Crippen molar-refractivity contribution in [1.29, 1.82) is 0 Å². The minimum Gasteiger partial charge on any atom is -0.496 e. The summed E-state index contributed by atoms with van der Waals surface area (Å²) in [5, 5.41) is 11.1. The van der Waals surface area contributed by atoms with E-state index in [1.54, 1.807) is 7.11 Å². The molecule has 0 unspecified atom stereocenters. The molecule has 31 heavy (non-hydrogen) atoms. The average Bonchev–Trinajstić information content (AvgIpc) is 3.29. The van der Waals surface area contributed by atoms with E-state index >= 15 is 0 Å². The van der Waals surface area contributed by atoms with Crippen molar-refractivity contribution in [2.45, 2.75) is 45.1 Å². The summed E-state index contributed by atoms with van der Waals surface area (Å²) in [6.07, 6.45) is 6.66. The maximum Gasteiger partial charge on any atom is 0.191 e. The average molecular weight is 541 g/mol. The van der Waals surface area contributed by atoms with Gasteiger partial charge in [-0.2, -0.15) is 5.10 Å². The molecule has 0 bridgehead atoms. The SMILES string of the molecule is CCNC(=NCC1(c2cc(C)ccc2OC)CCOCC1)NCCCn1cccn1.I. The first-order valence-corrected chi connectivity index (χ1v) is 10.9. The highest BCUT2D eigenvalue weighted by molar-refractivity contribution is 14.0. The van der Waals surface area contributed by atoms with Crippen molar-refractivity contribution in [2.75, 3.05) is 40.0 Å². The molecule has 0 aliphatic carbocycles. The van der Waals surface area contributed by atoms with Crippen LogP contribution in [0.1, 0.15) is 37.3 Å². The highest BCUT2D eigenvalue weighted by Gasteiger charge is 2.37.